The number of aliphatic carboxylic acids is 1. The van der Waals surface area contributed by atoms with Crippen molar-refractivity contribution in [3.05, 3.63) is 83.9 Å². The van der Waals surface area contributed by atoms with Crippen molar-refractivity contribution in [2.24, 2.45) is 0 Å². The van der Waals surface area contributed by atoms with Crippen LogP contribution in [0.2, 0.25) is 0 Å². The van der Waals surface area contributed by atoms with Crippen LogP contribution in [0.1, 0.15) is 17.2 Å². The van der Waals surface area contributed by atoms with E-state index in [0.29, 0.717) is 31.0 Å². The second kappa shape index (κ2) is 8.37. The molecule has 5 nitrogen and oxygen atoms in total. The molecule has 29 heavy (non-hydrogen) atoms. The van der Waals surface area contributed by atoms with Gasteiger partial charge in [-0.3, -0.25) is 9.69 Å². The first-order valence-electron chi connectivity index (χ1n) is 9.58. The second-order valence-corrected chi connectivity index (χ2v) is 6.98. The lowest BCUT2D eigenvalue weighted by atomic mass is 9.98. The van der Waals surface area contributed by atoms with Crippen LogP contribution in [-0.4, -0.2) is 36.2 Å². The van der Waals surface area contributed by atoms with E-state index in [9.17, 15) is 9.90 Å². The number of fused-ring (bicyclic) bond motifs is 1. The molecule has 4 rings (SSSR count). The average molecular weight is 389 g/mol. The molecule has 0 fully saturated rings. The van der Waals surface area contributed by atoms with Crippen molar-refractivity contribution < 1.29 is 19.4 Å². The van der Waals surface area contributed by atoms with E-state index in [4.69, 9.17) is 9.47 Å². The number of nitrogens with zero attached hydrogens (tertiary/aromatic N) is 1. The van der Waals surface area contributed by atoms with Crippen LogP contribution in [0.4, 0.5) is 0 Å². The van der Waals surface area contributed by atoms with E-state index < -0.39 is 12.0 Å². The number of para-hydroxylation sites is 1. The minimum atomic E-state index is -0.870. The van der Waals surface area contributed by atoms with Gasteiger partial charge in [-0.15, -0.1) is 0 Å². The van der Waals surface area contributed by atoms with Gasteiger partial charge in [0.15, 0.2) is 0 Å². The normalized spacial score (nSPS) is 16.4. The van der Waals surface area contributed by atoms with Crippen LogP contribution in [0.5, 0.6) is 11.5 Å². The number of rotatable bonds is 5. The summed E-state index contributed by atoms with van der Waals surface area (Å²) in [5, 5.41) is 9.99. The molecule has 3 aromatic rings. The van der Waals surface area contributed by atoms with Crippen LogP contribution in [0.15, 0.2) is 72.8 Å². The molecule has 1 atom stereocenters. The lowest BCUT2D eigenvalue weighted by Gasteiger charge is -2.27. The van der Waals surface area contributed by atoms with Gasteiger partial charge in [0, 0.05) is 18.7 Å². The Hall–Kier alpha value is -3.31. The molecule has 0 spiro atoms. The maximum absolute atomic E-state index is 12.2. The summed E-state index contributed by atoms with van der Waals surface area (Å²) >= 11 is 0. The Morgan fingerprint density at radius 3 is 2.55 bits per heavy atom. The zero-order valence-corrected chi connectivity index (χ0v) is 16.2. The average Bonchev–Trinajstić information content (AvgIpc) is 2.93. The monoisotopic (exact) mass is 389 g/mol. The molecule has 0 aromatic heterocycles. The summed E-state index contributed by atoms with van der Waals surface area (Å²) in [5.74, 6) is 0.578. The predicted octanol–water partition coefficient (Wildman–Crippen LogP) is 4.38. The van der Waals surface area contributed by atoms with Crippen LogP contribution >= 0.6 is 0 Å². The number of hydrogen-bond acceptors (Lipinski definition) is 4. The van der Waals surface area contributed by atoms with Gasteiger partial charge in [-0.2, -0.15) is 0 Å². The summed E-state index contributed by atoms with van der Waals surface area (Å²) in [6, 6.07) is 22.6. The number of carboxylic acids is 1. The zero-order valence-electron chi connectivity index (χ0n) is 16.2. The van der Waals surface area contributed by atoms with Crippen molar-refractivity contribution in [1.29, 1.82) is 0 Å². The van der Waals surface area contributed by atoms with E-state index in [2.05, 4.69) is 12.1 Å². The third-order valence-electron chi connectivity index (χ3n) is 5.24. The van der Waals surface area contributed by atoms with E-state index in [0.717, 1.165) is 22.4 Å². The van der Waals surface area contributed by atoms with E-state index in [-0.39, 0.29) is 0 Å². The highest BCUT2D eigenvalue weighted by Crippen LogP contribution is 2.34. The molecule has 0 amide bonds. The maximum atomic E-state index is 12.2. The number of ether oxygens (including phenoxy) is 2. The number of carbonyl (C=O) groups is 1. The Balaban J connectivity index is 1.69. The molecule has 1 N–H and O–H groups in total. The molecule has 148 valence electrons. The Morgan fingerprint density at radius 1 is 1.07 bits per heavy atom. The topological polar surface area (TPSA) is 59.0 Å². The van der Waals surface area contributed by atoms with Crippen molar-refractivity contribution in [2.45, 2.75) is 12.6 Å². The van der Waals surface area contributed by atoms with Crippen LogP contribution in [0.3, 0.4) is 0 Å². The summed E-state index contributed by atoms with van der Waals surface area (Å²) in [7, 11) is 1.65. The molecule has 0 radical (unpaired) electrons. The number of methoxy groups -OCH3 is 1. The van der Waals surface area contributed by atoms with Gasteiger partial charge >= 0.3 is 5.97 Å². The summed E-state index contributed by atoms with van der Waals surface area (Å²) in [4.78, 5) is 14.2. The van der Waals surface area contributed by atoms with Crippen molar-refractivity contribution in [1.82, 2.24) is 4.90 Å². The molecule has 1 aliphatic rings. The highest BCUT2D eigenvalue weighted by molar-refractivity contribution is 5.77. The van der Waals surface area contributed by atoms with E-state index in [1.165, 1.54) is 0 Å². The smallest absolute Gasteiger partial charge is 0.325 e. The SMILES string of the molecule is COc1ccc(-c2ccccc2CN2CCOc3ccccc3C2C(=O)O)cc1. The standard InChI is InChI=1S/C24H23NO4/c1-28-19-12-10-17(11-13-19)20-7-3-2-6-18(20)16-25-14-15-29-22-9-5-4-8-21(22)23(25)24(26)27/h2-13,23H,14-16H2,1H3,(H,26,27). The van der Waals surface area contributed by atoms with E-state index >= 15 is 0 Å². The van der Waals surface area contributed by atoms with E-state index in [1.807, 2.05) is 65.6 Å². The van der Waals surface area contributed by atoms with Gasteiger partial charge in [0.1, 0.15) is 24.1 Å². The first-order chi connectivity index (χ1) is 14.2. The molecule has 5 heteroatoms. The maximum Gasteiger partial charge on any atom is 0.325 e. The Kier molecular flexibility index (Phi) is 5.49. The largest absolute Gasteiger partial charge is 0.497 e. The molecule has 1 aliphatic heterocycles. The fourth-order valence-corrected chi connectivity index (χ4v) is 3.83. The molecule has 0 aliphatic carbocycles. The molecule has 1 heterocycles. The molecule has 0 bridgehead atoms. The summed E-state index contributed by atoms with van der Waals surface area (Å²) in [6.45, 7) is 1.49. The third kappa shape index (κ3) is 3.96. The molecular weight excluding hydrogens is 366 g/mol. The van der Waals surface area contributed by atoms with Gasteiger partial charge in [-0.1, -0.05) is 54.6 Å². The first-order valence-corrected chi connectivity index (χ1v) is 9.58. The number of carboxylic acid groups (broad SMARTS) is 1. The van der Waals surface area contributed by atoms with Gasteiger partial charge < -0.3 is 14.6 Å². The lowest BCUT2D eigenvalue weighted by molar-refractivity contribution is -0.143. The predicted molar refractivity (Wildman–Crippen MR) is 111 cm³/mol. The molecular formula is C24H23NO4. The Labute approximate surface area is 170 Å². The van der Waals surface area contributed by atoms with Crippen LogP contribution < -0.4 is 9.47 Å². The molecule has 3 aromatic carbocycles. The Bertz CT molecular complexity index is 1000. The van der Waals surface area contributed by atoms with Gasteiger partial charge in [-0.25, -0.2) is 0 Å². The van der Waals surface area contributed by atoms with Gasteiger partial charge in [0.2, 0.25) is 0 Å². The molecule has 1 unspecified atom stereocenters. The highest BCUT2D eigenvalue weighted by Gasteiger charge is 2.32. The van der Waals surface area contributed by atoms with Crippen molar-refractivity contribution in [2.75, 3.05) is 20.3 Å². The van der Waals surface area contributed by atoms with Crippen LogP contribution in [-0.2, 0) is 11.3 Å². The van der Waals surface area contributed by atoms with E-state index in [1.54, 1.807) is 7.11 Å². The quantitative estimate of drug-likeness (QED) is 0.702. The van der Waals surface area contributed by atoms with Gasteiger partial charge in [0.05, 0.1) is 7.11 Å². The summed E-state index contributed by atoms with van der Waals surface area (Å²) < 4.78 is 11.1. The van der Waals surface area contributed by atoms with Gasteiger partial charge in [-0.05, 0) is 34.9 Å². The first kappa shape index (κ1) is 19.0. The summed E-state index contributed by atoms with van der Waals surface area (Å²) in [5.41, 5.74) is 3.92. The molecule has 0 saturated heterocycles. The minimum absolute atomic E-state index is 0.450. The fraction of sp³-hybridized carbons (Fsp3) is 0.208. The van der Waals surface area contributed by atoms with Crippen molar-refractivity contribution in [3.8, 4) is 22.6 Å². The molecule has 0 saturated carbocycles. The fourth-order valence-electron chi connectivity index (χ4n) is 3.83. The third-order valence-corrected chi connectivity index (χ3v) is 5.24. The summed E-state index contributed by atoms with van der Waals surface area (Å²) in [6.07, 6.45) is 0. The highest BCUT2D eigenvalue weighted by atomic mass is 16.5. The van der Waals surface area contributed by atoms with Crippen LogP contribution in [0, 0.1) is 0 Å². The van der Waals surface area contributed by atoms with Crippen LogP contribution in [0.25, 0.3) is 11.1 Å². The zero-order chi connectivity index (χ0) is 20.2. The number of benzene rings is 3. The van der Waals surface area contributed by atoms with Crippen molar-refractivity contribution in [3.63, 3.8) is 0 Å². The van der Waals surface area contributed by atoms with Gasteiger partial charge in [0.25, 0.3) is 0 Å². The number of hydrogen-bond donors (Lipinski definition) is 1. The van der Waals surface area contributed by atoms with Crippen molar-refractivity contribution >= 4 is 5.97 Å². The second-order valence-electron chi connectivity index (χ2n) is 6.98. The lowest BCUT2D eigenvalue weighted by Crippen LogP contribution is -2.34. The minimum Gasteiger partial charge on any atom is -0.497 e. The Morgan fingerprint density at radius 2 is 1.79 bits per heavy atom.